The number of carbonyl (C=O) groups is 3. The van der Waals surface area contributed by atoms with Gasteiger partial charge in [0.1, 0.15) is 18.7 Å². The molecule has 0 aliphatic carbocycles. The van der Waals surface area contributed by atoms with Crippen LogP contribution in [0, 0.1) is 0 Å². The molecule has 1 aromatic rings. The van der Waals surface area contributed by atoms with E-state index in [9.17, 15) is 14.4 Å². The molecule has 2 aliphatic rings. The predicted octanol–water partition coefficient (Wildman–Crippen LogP) is 0.154. The lowest BCUT2D eigenvalue weighted by atomic mass is 10.1. The lowest BCUT2D eigenvalue weighted by molar-refractivity contribution is -0.136. The molecule has 3 amide bonds. The number of amides is 3. The Labute approximate surface area is 147 Å². The van der Waals surface area contributed by atoms with Crippen molar-refractivity contribution in [3.63, 3.8) is 0 Å². The Bertz CT molecular complexity index is 618. The van der Waals surface area contributed by atoms with Crippen molar-refractivity contribution in [2.75, 3.05) is 31.8 Å². The fraction of sp³-hybridized carbons (Fsp3) is 0.571. The molecule has 1 N–H and O–H groups in total. The molecule has 8 nitrogen and oxygen atoms in total. The van der Waals surface area contributed by atoms with E-state index in [-0.39, 0.29) is 18.4 Å². The number of hydrogen-bond donors (Lipinski definition) is 1. The zero-order valence-corrected chi connectivity index (χ0v) is 14.8. The van der Waals surface area contributed by atoms with Gasteiger partial charge in [-0.3, -0.25) is 14.5 Å². The standard InChI is InChI=1S/C14H18N4O4S2/c1-17-11(5-22-14(17)21)12(19)16-10(4-9-6-24-7-15-9)13(20)18-2-3-23-8-18/h6-7,10-11H,2-5,8H2,1H3,(H,16,19). The quantitative estimate of drug-likeness (QED) is 0.794. The van der Waals surface area contributed by atoms with Crippen LogP contribution < -0.4 is 5.32 Å². The number of thioether (sulfide) groups is 1. The summed E-state index contributed by atoms with van der Waals surface area (Å²) in [6.45, 7) is 0.677. The summed E-state index contributed by atoms with van der Waals surface area (Å²) in [7, 11) is 1.51. The van der Waals surface area contributed by atoms with E-state index in [2.05, 4.69) is 10.3 Å². The van der Waals surface area contributed by atoms with E-state index in [0.717, 1.165) is 11.4 Å². The van der Waals surface area contributed by atoms with Gasteiger partial charge >= 0.3 is 6.09 Å². The number of likely N-dealkylation sites (N-methyl/N-ethyl adjacent to an activating group) is 1. The Morgan fingerprint density at radius 3 is 2.96 bits per heavy atom. The number of nitrogens with one attached hydrogen (secondary N) is 1. The van der Waals surface area contributed by atoms with Gasteiger partial charge in [-0.15, -0.1) is 23.1 Å². The monoisotopic (exact) mass is 370 g/mol. The first-order chi connectivity index (χ1) is 11.6. The molecule has 1 aromatic heterocycles. The van der Waals surface area contributed by atoms with Crippen LogP contribution in [0.2, 0.25) is 0 Å². The van der Waals surface area contributed by atoms with Crippen molar-refractivity contribution in [2.24, 2.45) is 0 Å². The van der Waals surface area contributed by atoms with Crippen molar-refractivity contribution in [2.45, 2.75) is 18.5 Å². The molecule has 0 bridgehead atoms. The summed E-state index contributed by atoms with van der Waals surface area (Å²) in [6, 6.07) is -1.40. The van der Waals surface area contributed by atoms with Crippen molar-refractivity contribution in [3.05, 3.63) is 16.6 Å². The Morgan fingerprint density at radius 2 is 2.38 bits per heavy atom. The smallest absolute Gasteiger partial charge is 0.410 e. The molecule has 0 saturated carbocycles. The van der Waals surface area contributed by atoms with E-state index >= 15 is 0 Å². The second-order valence-electron chi connectivity index (χ2n) is 5.59. The fourth-order valence-corrected chi connectivity index (χ4v) is 4.09. The van der Waals surface area contributed by atoms with Crippen LogP contribution >= 0.6 is 23.1 Å². The highest BCUT2D eigenvalue weighted by molar-refractivity contribution is 7.99. The van der Waals surface area contributed by atoms with Gasteiger partial charge in [-0.25, -0.2) is 9.78 Å². The predicted molar refractivity (Wildman–Crippen MR) is 89.7 cm³/mol. The van der Waals surface area contributed by atoms with Gasteiger partial charge in [0.05, 0.1) is 17.1 Å². The number of nitrogens with zero attached hydrogens (tertiary/aromatic N) is 3. The number of aromatic nitrogens is 1. The molecular formula is C14H18N4O4S2. The topological polar surface area (TPSA) is 91.8 Å². The van der Waals surface area contributed by atoms with E-state index in [4.69, 9.17) is 4.74 Å². The number of ether oxygens (including phenoxy) is 1. The van der Waals surface area contributed by atoms with Crippen LogP contribution in [0.25, 0.3) is 0 Å². The van der Waals surface area contributed by atoms with Crippen LogP contribution in [0.4, 0.5) is 4.79 Å². The van der Waals surface area contributed by atoms with Crippen LogP contribution in [-0.4, -0.2) is 76.6 Å². The number of rotatable bonds is 5. The molecule has 2 aliphatic heterocycles. The number of hydrogen-bond acceptors (Lipinski definition) is 7. The minimum Gasteiger partial charge on any atom is -0.447 e. The van der Waals surface area contributed by atoms with Crippen molar-refractivity contribution >= 4 is 41.0 Å². The summed E-state index contributed by atoms with van der Waals surface area (Å²) >= 11 is 3.13. The lowest BCUT2D eigenvalue weighted by Gasteiger charge is -2.25. The lowest BCUT2D eigenvalue weighted by Crippen LogP contribution is -2.54. The maximum absolute atomic E-state index is 12.7. The third kappa shape index (κ3) is 3.64. The third-order valence-electron chi connectivity index (χ3n) is 4.00. The Balaban J connectivity index is 1.70. The summed E-state index contributed by atoms with van der Waals surface area (Å²) in [5.74, 6) is 1.03. The molecule has 10 heteroatoms. The first-order valence-electron chi connectivity index (χ1n) is 7.50. The Kier molecular flexibility index (Phi) is 5.24. The summed E-state index contributed by atoms with van der Waals surface area (Å²) in [5.41, 5.74) is 2.46. The molecule has 2 fully saturated rings. The average molecular weight is 370 g/mol. The number of thiazole rings is 1. The minimum atomic E-state index is -0.712. The zero-order valence-electron chi connectivity index (χ0n) is 13.1. The second-order valence-corrected chi connectivity index (χ2v) is 7.38. The molecule has 2 unspecified atom stereocenters. The highest BCUT2D eigenvalue weighted by Gasteiger charge is 2.38. The van der Waals surface area contributed by atoms with Gasteiger partial charge < -0.3 is 15.0 Å². The molecule has 2 saturated heterocycles. The number of carbonyl (C=O) groups excluding carboxylic acids is 3. The van der Waals surface area contributed by atoms with E-state index in [1.807, 2.05) is 5.38 Å². The molecular weight excluding hydrogens is 352 g/mol. The molecule has 3 rings (SSSR count). The first kappa shape index (κ1) is 17.0. The van der Waals surface area contributed by atoms with Gasteiger partial charge in [0.25, 0.3) is 0 Å². The molecule has 24 heavy (non-hydrogen) atoms. The van der Waals surface area contributed by atoms with Gasteiger partial charge in [-0.1, -0.05) is 0 Å². The largest absolute Gasteiger partial charge is 0.447 e. The van der Waals surface area contributed by atoms with Crippen LogP contribution in [0.15, 0.2) is 10.9 Å². The highest BCUT2D eigenvalue weighted by atomic mass is 32.2. The van der Waals surface area contributed by atoms with Crippen molar-refractivity contribution in [1.82, 2.24) is 20.1 Å². The fourth-order valence-electron chi connectivity index (χ4n) is 2.57. The molecule has 0 radical (unpaired) electrons. The highest BCUT2D eigenvalue weighted by Crippen LogP contribution is 2.17. The SMILES string of the molecule is CN1C(=O)OCC1C(=O)NC(Cc1cscn1)C(=O)N1CCSC1. The maximum Gasteiger partial charge on any atom is 0.410 e. The van der Waals surface area contributed by atoms with Gasteiger partial charge in [0, 0.05) is 31.1 Å². The number of cyclic esters (lactones) is 1. The first-order valence-corrected chi connectivity index (χ1v) is 9.59. The van der Waals surface area contributed by atoms with Crippen molar-refractivity contribution in [3.8, 4) is 0 Å². The van der Waals surface area contributed by atoms with E-state index in [1.165, 1.54) is 23.3 Å². The molecule has 0 aromatic carbocycles. The average Bonchev–Trinajstić information content (AvgIpc) is 3.30. The summed E-state index contributed by atoms with van der Waals surface area (Å²) in [6.07, 6.45) is -0.200. The summed E-state index contributed by atoms with van der Waals surface area (Å²) in [4.78, 5) is 43.8. The van der Waals surface area contributed by atoms with Crippen LogP contribution in [-0.2, 0) is 20.7 Å². The summed E-state index contributed by atoms with van der Waals surface area (Å²) < 4.78 is 4.86. The van der Waals surface area contributed by atoms with Crippen LogP contribution in [0.5, 0.6) is 0 Å². The maximum atomic E-state index is 12.7. The minimum absolute atomic E-state index is 0.00164. The van der Waals surface area contributed by atoms with Crippen LogP contribution in [0.1, 0.15) is 5.69 Å². The van der Waals surface area contributed by atoms with E-state index < -0.39 is 18.2 Å². The van der Waals surface area contributed by atoms with Gasteiger partial charge in [0.15, 0.2) is 0 Å². The van der Waals surface area contributed by atoms with Gasteiger partial charge in [0.2, 0.25) is 11.8 Å². The molecule has 0 spiro atoms. The molecule has 3 heterocycles. The van der Waals surface area contributed by atoms with E-state index in [0.29, 0.717) is 18.8 Å². The zero-order chi connectivity index (χ0) is 17.1. The van der Waals surface area contributed by atoms with Gasteiger partial charge in [-0.05, 0) is 0 Å². The summed E-state index contributed by atoms with van der Waals surface area (Å²) in [5, 5.41) is 4.64. The molecule has 2 atom stereocenters. The Hall–Kier alpha value is -1.81. The molecule has 130 valence electrons. The van der Waals surface area contributed by atoms with Crippen LogP contribution in [0.3, 0.4) is 0 Å². The third-order valence-corrected chi connectivity index (χ3v) is 5.60. The van der Waals surface area contributed by atoms with Gasteiger partial charge in [-0.2, -0.15) is 0 Å². The Morgan fingerprint density at radius 1 is 1.54 bits per heavy atom. The van der Waals surface area contributed by atoms with Crippen molar-refractivity contribution in [1.29, 1.82) is 0 Å². The van der Waals surface area contributed by atoms with Crippen molar-refractivity contribution < 1.29 is 19.1 Å². The normalized spacial score (nSPS) is 21.7. The second kappa shape index (κ2) is 7.39. The van der Waals surface area contributed by atoms with E-state index in [1.54, 1.807) is 22.2 Å².